The van der Waals surface area contributed by atoms with Crippen LogP contribution in [0.5, 0.6) is 0 Å². The van der Waals surface area contributed by atoms with Crippen molar-refractivity contribution in [1.29, 1.82) is 0 Å². The van der Waals surface area contributed by atoms with E-state index in [1.54, 1.807) is 33.2 Å². The Bertz CT molecular complexity index is 758. The van der Waals surface area contributed by atoms with Crippen molar-refractivity contribution in [2.45, 2.75) is 13.5 Å². The minimum atomic E-state index is -0.445. The molecule has 0 spiro atoms. The number of amides is 1. The first-order valence-electron chi connectivity index (χ1n) is 7.73. The van der Waals surface area contributed by atoms with E-state index in [0.717, 1.165) is 4.90 Å². The largest absolute Gasteiger partial charge is 0.462 e. The fourth-order valence-corrected chi connectivity index (χ4v) is 3.61. The Labute approximate surface area is 144 Å². The highest BCUT2D eigenvalue weighted by Crippen LogP contribution is 2.33. The second-order valence-corrected chi connectivity index (χ2v) is 6.89. The van der Waals surface area contributed by atoms with Crippen LogP contribution in [0.2, 0.25) is 0 Å². The third-order valence-electron chi connectivity index (χ3n) is 3.65. The number of halogens is 1. The number of carbonyl (C=O) groups is 2. The van der Waals surface area contributed by atoms with Gasteiger partial charge in [0.2, 0.25) is 0 Å². The van der Waals surface area contributed by atoms with Gasteiger partial charge in [0, 0.05) is 29.7 Å². The van der Waals surface area contributed by atoms with Crippen LogP contribution in [0.15, 0.2) is 18.2 Å². The molecule has 7 heteroatoms. The van der Waals surface area contributed by atoms with E-state index in [9.17, 15) is 14.0 Å². The Hall–Kier alpha value is -1.99. The summed E-state index contributed by atoms with van der Waals surface area (Å²) in [6, 6.07) is 4.79. The van der Waals surface area contributed by atoms with Gasteiger partial charge < -0.3 is 14.5 Å². The fourth-order valence-electron chi connectivity index (χ4n) is 2.48. The smallest absolute Gasteiger partial charge is 0.348 e. The molecular weight excluding hydrogens is 331 g/mol. The third kappa shape index (κ3) is 3.91. The molecule has 2 aromatic rings. The van der Waals surface area contributed by atoms with Crippen LogP contribution in [0.3, 0.4) is 0 Å². The number of likely N-dealkylation sites (N-methyl/N-ethyl adjacent to an activating group) is 2. The van der Waals surface area contributed by atoms with Crippen LogP contribution in [0.25, 0.3) is 10.1 Å². The van der Waals surface area contributed by atoms with E-state index in [4.69, 9.17) is 4.74 Å². The van der Waals surface area contributed by atoms with Crippen molar-refractivity contribution >= 4 is 33.3 Å². The van der Waals surface area contributed by atoms with Gasteiger partial charge in [0.15, 0.2) is 6.54 Å². The van der Waals surface area contributed by atoms with Gasteiger partial charge in [-0.15, -0.1) is 11.3 Å². The van der Waals surface area contributed by atoms with Crippen molar-refractivity contribution in [2.24, 2.45) is 0 Å². The highest BCUT2D eigenvalue weighted by atomic mass is 32.1. The van der Waals surface area contributed by atoms with Crippen LogP contribution in [0.4, 0.5) is 4.39 Å². The summed E-state index contributed by atoms with van der Waals surface area (Å²) in [4.78, 5) is 26.9. The lowest BCUT2D eigenvalue weighted by atomic mass is 10.1. The molecule has 0 saturated carbocycles. The van der Waals surface area contributed by atoms with Crippen LogP contribution in [-0.2, 0) is 16.1 Å². The van der Waals surface area contributed by atoms with Gasteiger partial charge in [-0.05, 0) is 19.1 Å². The van der Waals surface area contributed by atoms with Crippen molar-refractivity contribution < 1.29 is 23.6 Å². The van der Waals surface area contributed by atoms with Crippen LogP contribution in [0.1, 0.15) is 22.2 Å². The Balaban J connectivity index is 2.40. The maximum absolute atomic E-state index is 14.3. The number of rotatable bonds is 6. The van der Waals surface area contributed by atoms with E-state index in [1.165, 1.54) is 22.3 Å². The molecule has 0 fully saturated rings. The quantitative estimate of drug-likeness (QED) is 0.797. The van der Waals surface area contributed by atoms with Crippen molar-refractivity contribution in [1.82, 2.24) is 4.90 Å². The molecule has 0 aliphatic rings. The molecule has 0 aliphatic carbocycles. The maximum atomic E-state index is 14.3. The van der Waals surface area contributed by atoms with E-state index >= 15 is 0 Å². The monoisotopic (exact) mass is 353 g/mol. The fraction of sp³-hybridized carbons (Fsp3) is 0.412. The van der Waals surface area contributed by atoms with Gasteiger partial charge in [0.1, 0.15) is 17.2 Å². The summed E-state index contributed by atoms with van der Waals surface area (Å²) in [5.74, 6) is -0.828. The number of esters is 1. The summed E-state index contributed by atoms with van der Waals surface area (Å²) in [5.41, 5.74) is 0.607. The van der Waals surface area contributed by atoms with Gasteiger partial charge >= 0.3 is 5.97 Å². The lowest BCUT2D eigenvalue weighted by molar-refractivity contribution is -0.885. The summed E-state index contributed by atoms with van der Waals surface area (Å²) in [6.45, 7) is 2.63. The average Bonchev–Trinajstić information content (AvgIpc) is 2.87. The SMILES string of the molecule is CCOC(=O)c1sc2cccc(F)c2c1C[NH+](C)CC(=O)N(C)C. The number of fused-ring (bicyclic) bond motifs is 1. The minimum absolute atomic E-state index is 0.0230. The maximum Gasteiger partial charge on any atom is 0.348 e. The molecular formula is C17H22FN2O3S+. The molecule has 1 N–H and O–H groups in total. The van der Waals surface area contributed by atoms with Crippen molar-refractivity contribution in [3.05, 3.63) is 34.5 Å². The topological polar surface area (TPSA) is 51.1 Å². The number of carbonyl (C=O) groups excluding carboxylic acids is 2. The molecule has 130 valence electrons. The first kappa shape index (κ1) is 18.4. The van der Waals surface area contributed by atoms with Gasteiger partial charge in [-0.25, -0.2) is 9.18 Å². The molecule has 1 aromatic carbocycles. The minimum Gasteiger partial charge on any atom is -0.462 e. The van der Waals surface area contributed by atoms with E-state index in [-0.39, 0.29) is 24.9 Å². The zero-order valence-corrected chi connectivity index (χ0v) is 15.1. The van der Waals surface area contributed by atoms with Gasteiger partial charge in [-0.1, -0.05) is 6.07 Å². The number of nitrogens with zero attached hydrogens (tertiary/aromatic N) is 1. The van der Waals surface area contributed by atoms with Gasteiger partial charge in [-0.2, -0.15) is 0 Å². The normalized spacial score (nSPS) is 12.2. The highest BCUT2D eigenvalue weighted by molar-refractivity contribution is 7.21. The molecule has 0 saturated heterocycles. The molecule has 1 heterocycles. The molecule has 2 rings (SSSR count). The first-order chi connectivity index (χ1) is 11.3. The van der Waals surface area contributed by atoms with Gasteiger partial charge in [0.25, 0.3) is 5.91 Å². The summed E-state index contributed by atoms with van der Waals surface area (Å²) >= 11 is 1.23. The predicted octanol–water partition coefficient (Wildman–Crippen LogP) is 1.32. The second kappa shape index (κ2) is 7.72. The lowest BCUT2D eigenvalue weighted by Crippen LogP contribution is -3.08. The number of thiophene rings is 1. The average molecular weight is 353 g/mol. The number of ether oxygens (including phenoxy) is 1. The number of hydrogen-bond donors (Lipinski definition) is 1. The van der Waals surface area contributed by atoms with Crippen molar-refractivity contribution in [3.8, 4) is 0 Å². The van der Waals surface area contributed by atoms with Crippen LogP contribution < -0.4 is 4.90 Å². The number of benzene rings is 1. The number of hydrogen-bond acceptors (Lipinski definition) is 4. The van der Waals surface area contributed by atoms with Crippen molar-refractivity contribution in [3.63, 3.8) is 0 Å². The predicted molar refractivity (Wildman–Crippen MR) is 91.9 cm³/mol. The molecule has 5 nitrogen and oxygen atoms in total. The highest BCUT2D eigenvalue weighted by Gasteiger charge is 2.25. The van der Waals surface area contributed by atoms with E-state index in [1.807, 2.05) is 7.05 Å². The van der Waals surface area contributed by atoms with Gasteiger partial charge in [0.05, 0.1) is 13.7 Å². The van der Waals surface area contributed by atoms with Crippen LogP contribution >= 0.6 is 11.3 Å². The molecule has 1 amide bonds. The standard InChI is InChI=1S/C17H21FN2O3S/c1-5-23-17(22)16-11(9-20(4)10-14(21)19(2)3)15-12(18)7-6-8-13(15)24-16/h6-8H,5,9-10H2,1-4H3/p+1. The summed E-state index contributed by atoms with van der Waals surface area (Å²) in [6.07, 6.45) is 0. The zero-order chi connectivity index (χ0) is 17.9. The number of nitrogens with one attached hydrogen (secondary N) is 1. The zero-order valence-electron chi connectivity index (χ0n) is 14.3. The molecule has 1 unspecified atom stereocenters. The molecule has 0 aliphatic heterocycles. The summed E-state index contributed by atoms with van der Waals surface area (Å²) in [5, 5.41) is 0.446. The molecule has 1 aromatic heterocycles. The Kier molecular flexibility index (Phi) is 5.90. The second-order valence-electron chi connectivity index (χ2n) is 5.84. The summed E-state index contributed by atoms with van der Waals surface area (Å²) in [7, 11) is 5.24. The first-order valence-corrected chi connectivity index (χ1v) is 8.55. The van der Waals surface area contributed by atoms with Gasteiger partial charge in [-0.3, -0.25) is 4.79 Å². The number of quaternary nitrogens is 1. The molecule has 24 heavy (non-hydrogen) atoms. The molecule has 0 radical (unpaired) electrons. The lowest BCUT2D eigenvalue weighted by Gasteiger charge is -2.17. The van der Waals surface area contributed by atoms with Crippen LogP contribution in [-0.4, -0.2) is 51.1 Å². The van der Waals surface area contributed by atoms with Crippen LogP contribution in [0, 0.1) is 5.82 Å². The molecule has 1 atom stereocenters. The van der Waals surface area contributed by atoms with E-state index < -0.39 is 5.97 Å². The summed E-state index contributed by atoms with van der Waals surface area (Å²) < 4.78 is 20.1. The Morgan fingerprint density at radius 1 is 1.33 bits per heavy atom. The molecule has 0 bridgehead atoms. The van der Waals surface area contributed by atoms with E-state index in [0.29, 0.717) is 27.1 Å². The Morgan fingerprint density at radius 3 is 2.67 bits per heavy atom. The van der Waals surface area contributed by atoms with Crippen molar-refractivity contribution in [2.75, 3.05) is 34.3 Å². The van der Waals surface area contributed by atoms with E-state index in [2.05, 4.69) is 0 Å². The Morgan fingerprint density at radius 2 is 2.04 bits per heavy atom. The third-order valence-corrected chi connectivity index (χ3v) is 4.83.